The van der Waals surface area contributed by atoms with E-state index in [0.717, 1.165) is 9.37 Å². The Morgan fingerprint density at radius 2 is 1.76 bits per heavy atom. The van der Waals surface area contributed by atoms with Crippen molar-refractivity contribution < 1.29 is 13.4 Å². The fraction of sp³-hybridized carbons (Fsp3) is 0.188. The zero-order valence-corrected chi connectivity index (χ0v) is 13.6. The number of carbonyl (C=O) groups excluding carboxylic acids is 1. The van der Waals surface area contributed by atoms with Crippen LogP contribution in [0, 0.1) is 5.82 Å². The van der Waals surface area contributed by atoms with E-state index in [4.69, 9.17) is 0 Å². The number of Topliss-reactive ketones (excluding diaryl/α,β-unsaturated/α-hetero) is 1. The van der Waals surface area contributed by atoms with Crippen LogP contribution >= 0.6 is 15.9 Å². The second-order valence-corrected chi connectivity index (χ2v) is 6.91. The molecule has 5 heteroatoms. The lowest BCUT2D eigenvalue weighted by molar-refractivity contribution is 0.0982. The molecular weight excluding hydrogens is 355 g/mol. The molecule has 110 valence electrons. The zero-order chi connectivity index (χ0) is 15.2. The maximum absolute atomic E-state index is 12.8. The Morgan fingerprint density at radius 3 is 2.43 bits per heavy atom. The molecule has 2 rings (SSSR count). The van der Waals surface area contributed by atoms with Gasteiger partial charge in [-0.2, -0.15) is 0 Å². The Kier molecular flexibility index (Phi) is 5.82. The van der Waals surface area contributed by atoms with E-state index < -0.39 is 10.8 Å². The third-order valence-corrected chi connectivity index (χ3v) is 5.44. The van der Waals surface area contributed by atoms with Crippen LogP contribution in [0.1, 0.15) is 23.2 Å². The van der Waals surface area contributed by atoms with E-state index in [1.807, 2.05) is 24.3 Å². The van der Waals surface area contributed by atoms with E-state index >= 15 is 0 Å². The van der Waals surface area contributed by atoms with Crippen LogP contribution in [-0.4, -0.2) is 15.7 Å². The predicted octanol–water partition coefficient (Wildman–Crippen LogP) is 4.36. The average Bonchev–Trinajstić information content (AvgIpc) is 2.48. The number of halogens is 2. The van der Waals surface area contributed by atoms with E-state index in [2.05, 4.69) is 15.9 Å². The number of hydrogen-bond donors (Lipinski definition) is 0. The SMILES string of the molecule is O=C(CCCS(=O)c1ccccc1Br)c1ccc(F)cc1. The summed E-state index contributed by atoms with van der Waals surface area (Å²) in [5.41, 5.74) is 0.489. The molecule has 0 aliphatic heterocycles. The molecule has 1 atom stereocenters. The summed E-state index contributed by atoms with van der Waals surface area (Å²) < 4.78 is 25.7. The van der Waals surface area contributed by atoms with Crippen LogP contribution in [0.4, 0.5) is 4.39 Å². The van der Waals surface area contributed by atoms with Gasteiger partial charge in [0.2, 0.25) is 0 Å². The van der Waals surface area contributed by atoms with Crippen molar-refractivity contribution in [3.8, 4) is 0 Å². The van der Waals surface area contributed by atoms with Gasteiger partial charge in [-0.05, 0) is 58.7 Å². The molecule has 0 N–H and O–H groups in total. The zero-order valence-electron chi connectivity index (χ0n) is 11.2. The Labute approximate surface area is 134 Å². The van der Waals surface area contributed by atoms with Crippen molar-refractivity contribution >= 4 is 32.5 Å². The molecule has 0 radical (unpaired) electrons. The lowest BCUT2D eigenvalue weighted by Crippen LogP contribution is -2.04. The van der Waals surface area contributed by atoms with Crippen molar-refractivity contribution in [3.05, 3.63) is 64.4 Å². The van der Waals surface area contributed by atoms with E-state index in [1.54, 1.807) is 0 Å². The van der Waals surface area contributed by atoms with Crippen molar-refractivity contribution in [2.45, 2.75) is 17.7 Å². The third-order valence-electron chi connectivity index (χ3n) is 2.98. The van der Waals surface area contributed by atoms with Crippen LogP contribution in [0.25, 0.3) is 0 Å². The van der Waals surface area contributed by atoms with Crippen LogP contribution in [0.3, 0.4) is 0 Å². The summed E-state index contributed by atoms with van der Waals surface area (Å²) in [7, 11) is -1.13. The first-order valence-electron chi connectivity index (χ1n) is 6.49. The van der Waals surface area contributed by atoms with Gasteiger partial charge in [-0.15, -0.1) is 0 Å². The van der Waals surface area contributed by atoms with Gasteiger partial charge in [0.05, 0.1) is 15.7 Å². The Hall–Kier alpha value is -1.33. The molecule has 2 aromatic rings. The number of carbonyl (C=O) groups is 1. The second-order valence-electron chi connectivity index (χ2n) is 4.51. The molecule has 21 heavy (non-hydrogen) atoms. The minimum atomic E-state index is -1.13. The lowest BCUT2D eigenvalue weighted by atomic mass is 10.1. The highest BCUT2D eigenvalue weighted by atomic mass is 79.9. The molecule has 0 fully saturated rings. The summed E-state index contributed by atoms with van der Waals surface area (Å²) in [6.45, 7) is 0. The molecule has 2 nitrogen and oxygen atoms in total. The van der Waals surface area contributed by atoms with Crippen LogP contribution in [0.15, 0.2) is 57.9 Å². The Balaban J connectivity index is 1.87. The molecule has 0 amide bonds. The third kappa shape index (κ3) is 4.58. The summed E-state index contributed by atoms with van der Waals surface area (Å²) in [6.07, 6.45) is 0.839. The lowest BCUT2D eigenvalue weighted by Gasteiger charge is -2.04. The van der Waals surface area contributed by atoms with E-state index in [1.165, 1.54) is 24.3 Å². The van der Waals surface area contributed by atoms with Crippen molar-refractivity contribution in [1.82, 2.24) is 0 Å². The van der Waals surface area contributed by atoms with Gasteiger partial charge in [0.15, 0.2) is 5.78 Å². The van der Waals surface area contributed by atoms with E-state index in [0.29, 0.717) is 24.2 Å². The maximum atomic E-state index is 12.8. The van der Waals surface area contributed by atoms with Crippen molar-refractivity contribution in [1.29, 1.82) is 0 Å². The quantitative estimate of drug-likeness (QED) is 0.709. The molecule has 0 heterocycles. The maximum Gasteiger partial charge on any atom is 0.162 e. The van der Waals surface area contributed by atoms with Crippen molar-refractivity contribution in [2.24, 2.45) is 0 Å². The highest BCUT2D eigenvalue weighted by molar-refractivity contribution is 9.10. The minimum Gasteiger partial charge on any atom is -0.294 e. The molecule has 0 aliphatic carbocycles. The smallest absolute Gasteiger partial charge is 0.162 e. The number of rotatable bonds is 6. The number of hydrogen-bond acceptors (Lipinski definition) is 2. The average molecular weight is 369 g/mol. The molecule has 0 saturated carbocycles. The molecular formula is C16H14BrFO2S. The van der Waals surface area contributed by atoms with Gasteiger partial charge < -0.3 is 0 Å². The summed E-state index contributed by atoms with van der Waals surface area (Å²) in [6, 6.07) is 12.8. The van der Waals surface area contributed by atoms with Crippen molar-refractivity contribution in [3.63, 3.8) is 0 Å². The summed E-state index contributed by atoms with van der Waals surface area (Å²) >= 11 is 3.37. The molecule has 2 aromatic carbocycles. The Bertz CT molecular complexity index is 656. The first-order chi connectivity index (χ1) is 10.1. The van der Waals surface area contributed by atoms with Gasteiger partial charge >= 0.3 is 0 Å². The monoisotopic (exact) mass is 368 g/mol. The van der Waals surface area contributed by atoms with E-state index in [9.17, 15) is 13.4 Å². The first kappa shape index (κ1) is 16.0. The standard InChI is InChI=1S/C16H14BrFO2S/c17-14-4-1-2-6-16(14)21(20)11-3-5-15(19)12-7-9-13(18)10-8-12/h1-2,4,6-10H,3,5,11H2. The fourth-order valence-electron chi connectivity index (χ4n) is 1.88. The molecule has 0 bridgehead atoms. The van der Waals surface area contributed by atoms with E-state index in [-0.39, 0.29) is 11.6 Å². The van der Waals surface area contributed by atoms with Gasteiger partial charge in [-0.3, -0.25) is 9.00 Å². The van der Waals surface area contributed by atoms with Gasteiger partial charge in [0.25, 0.3) is 0 Å². The highest BCUT2D eigenvalue weighted by Crippen LogP contribution is 2.20. The second kappa shape index (κ2) is 7.61. The topological polar surface area (TPSA) is 34.1 Å². The Morgan fingerprint density at radius 1 is 1.10 bits per heavy atom. The molecule has 1 unspecified atom stereocenters. The molecule has 0 aliphatic rings. The normalized spacial score (nSPS) is 12.1. The van der Waals surface area contributed by atoms with Gasteiger partial charge in [0, 0.05) is 22.2 Å². The first-order valence-corrected chi connectivity index (χ1v) is 8.61. The minimum absolute atomic E-state index is 0.0564. The summed E-state index contributed by atoms with van der Waals surface area (Å²) in [5.74, 6) is 0.0101. The van der Waals surface area contributed by atoms with Crippen LogP contribution in [-0.2, 0) is 10.8 Å². The summed E-state index contributed by atoms with van der Waals surface area (Å²) in [5, 5.41) is 0. The fourth-order valence-corrected chi connectivity index (χ4v) is 3.85. The van der Waals surface area contributed by atoms with Crippen LogP contribution in [0.5, 0.6) is 0 Å². The van der Waals surface area contributed by atoms with Crippen LogP contribution < -0.4 is 0 Å². The molecule has 0 saturated heterocycles. The van der Waals surface area contributed by atoms with Crippen LogP contribution in [0.2, 0.25) is 0 Å². The molecule has 0 spiro atoms. The largest absolute Gasteiger partial charge is 0.294 e. The van der Waals surface area contributed by atoms with Gasteiger partial charge in [-0.25, -0.2) is 4.39 Å². The van der Waals surface area contributed by atoms with Crippen molar-refractivity contribution in [2.75, 3.05) is 5.75 Å². The number of ketones is 1. The highest BCUT2D eigenvalue weighted by Gasteiger charge is 2.10. The summed E-state index contributed by atoms with van der Waals surface area (Å²) in [4.78, 5) is 12.7. The predicted molar refractivity (Wildman–Crippen MR) is 85.4 cm³/mol. The molecule has 0 aromatic heterocycles. The van der Waals surface area contributed by atoms with Gasteiger partial charge in [-0.1, -0.05) is 12.1 Å². The van der Waals surface area contributed by atoms with Gasteiger partial charge in [0.1, 0.15) is 5.82 Å². The number of benzene rings is 2.